The van der Waals surface area contributed by atoms with Gasteiger partial charge < -0.3 is 4.74 Å². The van der Waals surface area contributed by atoms with Gasteiger partial charge in [0.2, 0.25) is 0 Å². The van der Waals surface area contributed by atoms with Crippen molar-refractivity contribution < 1.29 is 9.53 Å². The molecule has 1 heterocycles. The third-order valence-electron chi connectivity index (χ3n) is 2.17. The van der Waals surface area contributed by atoms with Crippen molar-refractivity contribution in [2.45, 2.75) is 40.0 Å². The first kappa shape index (κ1) is 9.30. The van der Waals surface area contributed by atoms with E-state index in [-0.39, 0.29) is 5.97 Å². The van der Waals surface area contributed by atoms with Crippen LogP contribution in [0, 0.1) is 5.92 Å². The van der Waals surface area contributed by atoms with Gasteiger partial charge in [0.15, 0.2) is 0 Å². The summed E-state index contributed by atoms with van der Waals surface area (Å²) in [5.41, 5.74) is 1.12. The summed E-state index contributed by atoms with van der Waals surface area (Å²) in [6.45, 7) is 6.06. The molecule has 0 spiro atoms. The van der Waals surface area contributed by atoms with Gasteiger partial charge >= 0.3 is 5.97 Å². The van der Waals surface area contributed by atoms with E-state index < -0.39 is 0 Å². The van der Waals surface area contributed by atoms with Gasteiger partial charge in [-0.05, 0) is 31.8 Å². The third kappa shape index (κ3) is 2.36. The van der Waals surface area contributed by atoms with Crippen molar-refractivity contribution in [2.75, 3.05) is 0 Å². The molecule has 68 valence electrons. The average molecular weight is 168 g/mol. The lowest BCUT2D eigenvalue weighted by Crippen LogP contribution is -2.04. The lowest BCUT2D eigenvalue weighted by atomic mass is 10.0. The normalized spacial score (nSPS) is 24.8. The van der Waals surface area contributed by atoms with Crippen LogP contribution in [0.4, 0.5) is 0 Å². The van der Waals surface area contributed by atoms with Gasteiger partial charge in [-0.1, -0.05) is 6.92 Å². The van der Waals surface area contributed by atoms with Crippen LogP contribution in [-0.2, 0) is 9.53 Å². The van der Waals surface area contributed by atoms with E-state index in [2.05, 4.69) is 6.92 Å². The molecular formula is C10H16O2. The van der Waals surface area contributed by atoms with Gasteiger partial charge in [0.25, 0.3) is 0 Å². The Morgan fingerprint density at radius 2 is 2.17 bits per heavy atom. The number of cyclic esters (lactones) is 1. The predicted octanol–water partition coefficient (Wildman–Crippen LogP) is 2.64. The molecule has 0 saturated carbocycles. The van der Waals surface area contributed by atoms with Gasteiger partial charge in [-0.2, -0.15) is 0 Å². The van der Waals surface area contributed by atoms with E-state index in [0.717, 1.165) is 24.2 Å². The number of rotatable bonds is 0. The maximum absolute atomic E-state index is 11.2. The number of carbonyl (C=O) groups is 1. The second-order valence-electron chi connectivity index (χ2n) is 3.75. The van der Waals surface area contributed by atoms with Crippen LogP contribution in [0.1, 0.15) is 40.0 Å². The summed E-state index contributed by atoms with van der Waals surface area (Å²) in [6, 6.07) is 0. The second-order valence-corrected chi connectivity index (χ2v) is 3.75. The van der Waals surface area contributed by atoms with Gasteiger partial charge in [0.1, 0.15) is 5.76 Å². The van der Waals surface area contributed by atoms with E-state index in [1.807, 2.05) is 13.8 Å². The molecule has 1 aliphatic heterocycles. The fourth-order valence-electron chi connectivity index (χ4n) is 1.35. The number of hydrogen-bond donors (Lipinski definition) is 0. The lowest BCUT2D eigenvalue weighted by Gasteiger charge is -2.04. The van der Waals surface area contributed by atoms with Crippen molar-refractivity contribution in [3.05, 3.63) is 11.3 Å². The van der Waals surface area contributed by atoms with Crippen molar-refractivity contribution >= 4 is 5.97 Å². The number of hydrogen-bond acceptors (Lipinski definition) is 2. The van der Waals surface area contributed by atoms with Crippen molar-refractivity contribution in [2.24, 2.45) is 5.92 Å². The molecule has 1 fully saturated rings. The Balaban J connectivity index is 2.72. The molecule has 2 nitrogen and oxygen atoms in total. The molecule has 2 heteroatoms. The molecule has 0 N–H and O–H groups in total. The van der Waals surface area contributed by atoms with Crippen LogP contribution in [0.25, 0.3) is 0 Å². The SMILES string of the molecule is CC(C)=C1CC[C@@H](C)CC(=O)O1. The molecule has 0 unspecified atom stereocenters. The molecule has 1 rings (SSSR count). The zero-order chi connectivity index (χ0) is 9.14. The highest BCUT2D eigenvalue weighted by Crippen LogP contribution is 2.23. The van der Waals surface area contributed by atoms with Gasteiger partial charge in [-0.3, -0.25) is 4.79 Å². The largest absolute Gasteiger partial charge is 0.431 e. The number of ether oxygens (including phenoxy) is 1. The van der Waals surface area contributed by atoms with Crippen LogP contribution < -0.4 is 0 Å². The topological polar surface area (TPSA) is 26.3 Å². The van der Waals surface area contributed by atoms with Crippen molar-refractivity contribution in [3.8, 4) is 0 Å². The number of carbonyl (C=O) groups excluding carboxylic acids is 1. The van der Waals surface area contributed by atoms with Gasteiger partial charge in [-0.25, -0.2) is 0 Å². The standard InChI is InChI=1S/C10H16O2/c1-7(2)9-5-4-8(3)6-10(11)12-9/h8H,4-6H2,1-3H3/t8-/m1/s1. The van der Waals surface area contributed by atoms with E-state index in [1.54, 1.807) is 0 Å². The average Bonchev–Trinajstić information content (AvgIpc) is 2.11. The summed E-state index contributed by atoms with van der Waals surface area (Å²) in [6.07, 6.45) is 2.54. The minimum Gasteiger partial charge on any atom is -0.431 e. The Kier molecular flexibility index (Phi) is 2.90. The fourth-order valence-corrected chi connectivity index (χ4v) is 1.35. The molecule has 0 aromatic rings. The molecule has 0 bridgehead atoms. The second kappa shape index (κ2) is 3.74. The summed E-state index contributed by atoms with van der Waals surface area (Å²) in [5.74, 6) is 1.27. The van der Waals surface area contributed by atoms with Gasteiger partial charge in [-0.15, -0.1) is 0 Å². The maximum atomic E-state index is 11.2. The summed E-state index contributed by atoms with van der Waals surface area (Å²) in [4.78, 5) is 11.2. The summed E-state index contributed by atoms with van der Waals surface area (Å²) in [7, 11) is 0. The zero-order valence-corrected chi connectivity index (χ0v) is 8.02. The molecule has 0 aromatic heterocycles. The third-order valence-corrected chi connectivity index (χ3v) is 2.17. The van der Waals surface area contributed by atoms with Crippen LogP contribution in [-0.4, -0.2) is 5.97 Å². The smallest absolute Gasteiger partial charge is 0.311 e. The maximum Gasteiger partial charge on any atom is 0.311 e. The van der Waals surface area contributed by atoms with E-state index in [9.17, 15) is 4.79 Å². The summed E-state index contributed by atoms with van der Waals surface area (Å²) >= 11 is 0. The van der Waals surface area contributed by atoms with Gasteiger partial charge in [0.05, 0.1) is 0 Å². The minimum absolute atomic E-state index is 0.0730. The first-order valence-electron chi connectivity index (χ1n) is 4.46. The zero-order valence-electron chi connectivity index (χ0n) is 8.02. The monoisotopic (exact) mass is 168 g/mol. The highest BCUT2D eigenvalue weighted by molar-refractivity contribution is 5.71. The Morgan fingerprint density at radius 1 is 1.50 bits per heavy atom. The van der Waals surface area contributed by atoms with E-state index in [1.165, 1.54) is 0 Å². The molecule has 12 heavy (non-hydrogen) atoms. The van der Waals surface area contributed by atoms with Crippen molar-refractivity contribution in [3.63, 3.8) is 0 Å². The van der Waals surface area contributed by atoms with Crippen molar-refractivity contribution in [1.82, 2.24) is 0 Å². The molecule has 0 amide bonds. The van der Waals surface area contributed by atoms with Crippen LogP contribution >= 0.6 is 0 Å². The van der Waals surface area contributed by atoms with Crippen molar-refractivity contribution in [1.29, 1.82) is 0 Å². The molecule has 1 atom stereocenters. The highest BCUT2D eigenvalue weighted by atomic mass is 16.5. The summed E-state index contributed by atoms with van der Waals surface area (Å²) in [5, 5.41) is 0. The Bertz CT molecular complexity index is 212. The quantitative estimate of drug-likeness (QED) is 0.520. The minimum atomic E-state index is -0.0730. The first-order chi connectivity index (χ1) is 5.59. The van der Waals surface area contributed by atoms with Crippen LogP contribution in [0.2, 0.25) is 0 Å². The van der Waals surface area contributed by atoms with Crippen LogP contribution in [0.15, 0.2) is 11.3 Å². The highest BCUT2D eigenvalue weighted by Gasteiger charge is 2.18. The molecule has 0 aromatic carbocycles. The molecule has 0 radical (unpaired) electrons. The molecule has 0 aliphatic carbocycles. The van der Waals surface area contributed by atoms with E-state index in [4.69, 9.17) is 4.74 Å². The summed E-state index contributed by atoms with van der Waals surface area (Å²) < 4.78 is 5.18. The van der Waals surface area contributed by atoms with Gasteiger partial charge in [0, 0.05) is 12.8 Å². The fraction of sp³-hybridized carbons (Fsp3) is 0.700. The predicted molar refractivity (Wildman–Crippen MR) is 47.5 cm³/mol. The van der Waals surface area contributed by atoms with Crippen LogP contribution in [0.5, 0.6) is 0 Å². The number of esters is 1. The van der Waals surface area contributed by atoms with Crippen LogP contribution in [0.3, 0.4) is 0 Å². The lowest BCUT2D eigenvalue weighted by molar-refractivity contribution is -0.139. The van der Waals surface area contributed by atoms with E-state index in [0.29, 0.717) is 12.3 Å². The Morgan fingerprint density at radius 3 is 2.75 bits per heavy atom. The molecular weight excluding hydrogens is 152 g/mol. The van der Waals surface area contributed by atoms with E-state index >= 15 is 0 Å². The number of allylic oxidation sites excluding steroid dienone is 2. The Hall–Kier alpha value is -0.790. The molecule has 1 saturated heterocycles. The molecule has 1 aliphatic rings. The first-order valence-corrected chi connectivity index (χ1v) is 4.46. The Labute approximate surface area is 73.6 Å².